The molecule has 0 saturated carbocycles. The highest BCUT2D eigenvalue weighted by Gasteiger charge is 2.42. The van der Waals surface area contributed by atoms with Crippen LogP contribution in [0.15, 0.2) is 92.4 Å². The minimum atomic E-state index is -5.77. The van der Waals surface area contributed by atoms with Gasteiger partial charge in [-0.2, -0.15) is 8.42 Å². The molecule has 12 heteroatoms. The molecule has 0 spiro atoms. The summed E-state index contributed by atoms with van der Waals surface area (Å²) in [7, 11) is -9.43. The van der Waals surface area contributed by atoms with Crippen molar-refractivity contribution in [3.8, 4) is 0 Å². The number of hydrogen-bond donors (Lipinski definition) is 0. The Kier molecular flexibility index (Phi) is 7.60. The minimum absolute atomic E-state index is 0.0257. The lowest BCUT2D eigenvalue weighted by Gasteiger charge is -2.39. The van der Waals surface area contributed by atoms with E-state index in [4.69, 9.17) is 3.63 Å². The summed E-state index contributed by atoms with van der Waals surface area (Å²) in [6.45, 7) is 1.85. The van der Waals surface area contributed by atoms with Crippen molar-refractivity contribution in [2.45, 2.75) is 32.9 Å². The van der Waals surface area contributed by atoms with Crippen LogP contribution in [0.4, 0.5) is 30.7 Å². The van der Waals surface area contributed by atoms with Crippen LogP contribution in [0, 0.1) is 40.7 Å². The van der Waals surface area contributed by atoms with Gasteiger partial charge >= 0.3 is 10.1 Å². The molecule has 3 nitrogen and oxygen atoms in total. The standard InChI is InChI=1S/C26H17F7O3S2/c1-2-15-3-9-18(10-4-15)37(19-11-5-16(27)6-12-19,20-13-7-17(28)8-14-20)36-38(34,35)26-24(32)22(30)21(29)23(31)25(26)33/h3-14H,2H2,1H3. The van der Waals surface area contributed by atoms with E-state index in [1.54, 1.807) is 12.1 Å². The summed E-state index contributed by atoms with van der Waals surface area (Å²) in [5.74, 6) is -14.2. The fourth-order valence-electron chi connectivity index (χ4n) is 3.67. The van der Waals surface area contributed by atoms with Crippen molar-refractivity contribution in [1.82, 2.24) is 0 Å². The molecule has 0 atom stereocenters. The number of aryl methyl sites for hydroxylation is 1. The molecule has 0 unspecified atom stereocenters. The third-order valence-corrected chi connectivity index (χ3v) is 10.8. The van der Waals surface area contributed by atoms with Crippen LogP contribution in [0.25, 0.3) is 0 Å². The van der Waals surface area contributed by atoms with Crippen LogP contribution in [0.1, 0.15) is 12.5 Å². The zero-order valence-corrected chi connectivity index (χ0v) is 21.0. The average molecular weight is 575 g/mol. The molecule has 200 valence electrons. The summed E-state index contributed by atoms with van der Waals surface area (Å²) in [6.07, 6.45) is 0.583. The first-order chi connectivity index (χ1) is 17.9. The molecule has 4 rings (SSSR count). The van der Waals surface area contributed by atoms with Gasteiger partial charge in [0.2, 0.25) is 5.82 Å². The molecular formula is C26H17F7O3S2. The van der Waals surface area contributed by atoms with Gasteiger partial charge in [0.05, 0.1) is 0 Å². The first-order valence-corrected chi connectivity index (χ1v) is 13.8. The van der Waals surface area contributed by atoms with E-state index in [2.05, 4.69) is 0 Å². The molecule has 0 heterocycles. The number of benzene rings is 4. The van der Waals surface area contributed by atoms with Crippen LogP contribution in [0.2, 0.25) is 0 Å². The second kappa shape index (κ2) is 10.4. The van der Waals surface area contributed by atoms with Crippen LogP contribution >= 0.6 is 10.3 Å². The second-order valence-electron chi connectivity index (χ2n) is 7.88. The second-order valence-corrected chi connectivity index (χ2v) is 12.3. The molecule has 4 aromatic carbocycles. The van der Waals surface area contributed by atoms with Gasteiger partial charge in [0.15, 0.2) is 28.2 Å². The number of halogens is 7. The quantitative estimate of drug-likeness (QED) is 0.128. The van der Waals surface area contributed by atoms with Gasteiger partial charge < -0.3 is 0 Å². The SMILES string of the molecule is CCc1ccc(S(OS(=O)(=O)c2c(F)c(F)c(F)c(F)c2F)(c2ccc(F)cc2)c2ccc(F)cc2)cc1. The van der Waals surface area contributed by atoms with Gasteiger partial charge in [-0.1, -0.05) is 19.1 Å². The molecule has 0 aliphatic rings. The van der Waals surface area contributed by atoms with Gasteiger partial charge in [0, 0.05) is 14.7 Å². The Balaban J connectivity index is 2.08. The Labute approximate surface area is 215 Å². The molecule has 0 N–H and O–H groups in total. The monoisotopic (exact) mass is 574 g/mol. The number of hydrogen-bond acceptors (Lipinski definition) is 3. The maximum absolute atomic E-state index is 14.6. The largest absolute Gasteiger partial charge is 0.313 e. The Bertz CT molecular complexity index is 1520. The molecule has 0 saturated heterocycles. The molecule has 0 radical (unpaired) electrons. The highest BCUT2D eigenvalue weighted by Crippen LogP contribution is 2.70. The Hall–Kier alpha value is -3.35. The van der Waals surface area contributed by atoms with Gasteiger partial charge in [-0.05, 0) is 83.0 Å². The third-order valence-electron chi connectivity index (χ3n) is 5.57. The molecule has 38 heavy (non-hydrogen) atoms. The van der Waals surface area contributed by atoms with E-state index < -0.39 is 66.0 Å². The Morgan fingerprint density at radius 3 is 1.26 bits per heavy atom. The predicted molar refractivity (Wildman–Crippen MR) is 126 cm³/mol. The maximum atomic E-state index is 14.6. The summed E-state index contributed by atoms with van der Waals surface area (Å²) in [4.78, 5) is -2.15. The number of rotatable bonds is 7. The Morgan fingerprint density at radius 1 is 0.553 bits per heavy atom. The summed E-state index contributed by atoms with van der Waals surface area (Å²) in [5, 5.41) is 0. The molecule has 0 aliphatic carbocycles. The predicted octanol–water partition coefficient (Wildman–Crippen LogP) is 7.82. The van der Waals surface area contributed by atoms with Crippen LogP contribution in [-0.2, 0) is 20.2 Å². The fourth-order valence-corrected chi connectivity index (χ4v) is 8.95. The van der Waals surface area contributed by atoms with Crippen LogP contribution in [-0.4, -0.2) is 8.42 Å². The van der Waals surface area contributed by atoms with Gasteiger partial charge in [-0.15, -0.1) is 0 Å². The average Bonchev–Trinajstić information content (AvgIpc) is 2.90. The van der Waals surface area contributed by atoms with Gasteiger partial charge in [0.25, 0.3) is 0 Å². The molecule has 0 fully saturated rings. The van der Waals surface area contributed by atoms with Crippen molar-refractivity contribution >= 4 is 20.4 Å². The first kappa shape index (κ1) is 27.7. The lowest BCUT2D eigenvalue weighted by molar-refractivity contribution is 0.354. The lowest BCUT2D eigenvalue weighted by atomic mass is 10.2. The molecule has 0 bridgehead atoms. The zero-order valence-electron chi connectivity index (χ0n) is 19.3. The molecule has 0 aliphatic heterocycles. The van der Waals surface area contributed by atoms with Crippen molar-refractivity contribution in [1.29, 1.82) is 0 Å². The summed E-state index contributed by atoms with van der Waals surface area (Å²) >= 11 is 0. The topological polar surface area (TPSA) is 43.4 Å². The lowest BCUT2D eigenvalue weighted by Crippen LogP contribution is -2.19. The van der Waals surface area contributed by atoms with E-state index >= 15 is 0 Å². The summed E-state index contributed by atoms with van der Waals surface area (Å²) in [5.41, 5.74) is 0.808. The van der Waals surface area contributed by atoms with Crippen molar-refractivity contribution in [2.75, 3.05) is 0 Å². The van der Waals surface area contributed by atoms with Crippen LogP contribution in [0.3, 0.4) is 0 Å². The summed E-state index contributed by atoms with van der Waals surface area (Å²) in [6, 6.07) is 14.6. The molecule has 4 aromatic rings. The first-order valence-electron chi connectivity index (χ1n) is 10.8. The minimum Gasteiger partial charge on any atom is -0.207 e. The van der Waals surface area contributed by atoms with E-state index in [1.807, 2.05) is 6.92 Å². The molecule has 0 amide bonds. The van der Waals surface area contributed by atoms with Gasteiger partial charge in [-0.25, -0.2) is 34.4 Å². The van der Waals surface area contributed by atoms with E-state index in [-0.39, 0.29) is 14.7 Å². The van der Waals surface area contributed by atoms with E-state index in [0.717, 1.165) is 54.1 Å². The van der Waals surface area contributed by atoms with Crippen LogP contribution in [0.5, 0.6) is 0 Å². The van der Waals surface area contributed by atoms with Crippen molar-refractivity contribution in [2.24, 2.45) is 0 Å². The van der Waals surface area contributed by atoms with E-state index in [0.29, 0.717) is 6.42 Å². The zero-order chi connectivity index (χ0) is 27.8. The normalized spacial score (nSPS) is 12.5. The third kappa shape index (κ3) is 4.79. The highest BCUT2D eigenvalue weighted by atomic mass is 32.3. The molecular weight excluding hydrogens is 557 g/mol. The van der Waals surface area contributed by atoms with Crippen molar-refractivity contribution < 1.29 is 42.8 Å². The summed E-state index contributed by atoms with van der Waals surface area (Å²) < 4.78 is 131. The van der Waals surface area contributed by atoms with Crippen molar-refractivity contribution in [3.05, 3.63) is 119 Å². The smallest absolute Gasteiger partial charge is 0.207 e. The van der Waals surface area contributed by atoms with Crippen molar-refractivity contribution in [3.63, 3.8) is 0 Å². The van der Waals surface area contributed by atoms with Crippen LogP contribution < -0.4 is 0 Å². The highest BCUT2D eigenvalue weighted by molar-refractivity contribution is 8.33. The van der Waals surface area contributed by atoms with Gasteiger partial charge in [0.1, 0.15) is 11.6 Å². The molecule has 0 aromatic heterocycles. The van der Waals surface area contributed by atoms with E-state index in [9.17, 15) is 39.2 Å². The fraction of sp³-hybridized carbons (Fsp3) is 0.0769. The van der Waals surface area contributed by atoms with E-state index in [1.165, 1.54) is 12.1 Å². The maximum Gasteiger partial charge on any atom is 0.313 e. The van der Waals surface area contributed by atoms with Gasteiger partial charge in [-0.3, -0.25) is 0 Å². The Morgan fingerprint density at radius 2 is 0.895 bits per heavy atom.